The molecule has 0 spiro atoms. The third-order valence-corrected chi connectivity index (χ3v) is 6.64. The topological polar surface area (TPSA) is 45.6 Å². The largest absolute Gasteiger partial charge is 0.508 e. The standard InChI is InChI=1S/C20H24N2O2/c1-3-12-10-22-11-20(2)16(12)9-18(22)19(24-20)14-6-7-21-17-5-4-13(23)8-15(14)17/h4-8,12,16,18-19,23H,3,9-11H2,1-2H3/t12-,16?,18?,19?,20?/m1/s1. The minimum Gasteiger partial charge on any atom is -0.508 e. The van der Waals surface area contributed by atoms with Crippen LogP contribution in [0, 0.1) is 11.8 Å². The number of hydrogen-bond acceptors (Lipinski definition) is 4. The minimum atomic E-state index is -0.0508. The second-order valence-corrected chi connectivity index (χ2v) is 7.96. The number of nitrogens with zero attached hydrogens (tertiary/aromatic N) is 2. The van der Waals surface area contributed by atoms with E-state index >= 15 is 0 Å². The molecule has 6 heterocycles. The Kier molecular flexibility index (Phi) is 3.01. The minimum absolute atomic E-state index is 0.0508. The van der Waals surface area contributed by atoms with Crippen molar-refractivity contribution in [2.24, 2.45) is 11.8 Å². The molecule has 5 saturated heterocycles. The van der Waals surface area contributed by atoms with Gasteiger partial charge in [0.05, 0.1) is 17.2 Å². The first-order valence-electron chi connectivity index (χ1n) is 9.08. The Morgan fingerprint density at radius 1 is 1.38 bits per heavy atom. The monoisotopic (exact) mass is 324 g/mol. The molecule has 1 aromatic heterocycles. The molecule has 0 saturated carbocycles. The van der Waals surface area contributed by atoms with E-state index in [-0.39, 0.29) is 17.5 Å². The van der Waals surface area contributed by atoms with E-state index in [2.05, 4.69) is 29.8 Å². The molecule has 5 aliphatic heterocycles. The average molecular weight is 324 g/mol. The molecule has 5 aliphatic rings. The summed E-state index contributed by atoms with van der Waals surface area (Å²) in [5.74, 6) is 1.73. The highest BCUT2D eigenvalue weighted by Crippen LogP contribution is 2.55. The van der Waals surface area contributed by atoms with E-state index in [9.17, 15) is 5.11 Å². The van der Waals surface area contributed by atoms with Gasteiger partial charge in [0.15, 0.2) is 0 Å². The molecular weight excluding hydrogens is 300 g/mol. The Morgan fingerprint density at radius 2 is 2.25 bits per heavy atom. The second-order valence-electron chi connectivity index (χ2n) is 7.96. The maximum Gasteiger partial charge on any atom is 0.116 e. The fourth-order valence-corrected chi connectivity index (χ4v) is 5.51. The Bertz CT molecular complexity index is 807. The lowest BCUT2D eigenvalue weighted by Crippen LogP contribution is -2.72. The summed E-state index contributed by atoms with van der Waals surface area (Å²) in [7, 11) is 0. The fourth-order valence-electron chi connectivity index (χ4n) is 5.51. The van der Waals surface area contributed by atoms with Crippen molar-refractivity contribution < 1.29 is 9.84 Å². The summed E-state index contributed by atoms with van der Waals surface area (Å²) >= 11 is 0. The van der Waals surface area contributed by atoms with Gasteiger partial charge in [-0.05, 0) is 55.0 Å². The van der Waals surface area contributed by atoms with E-state index in [1.807, 2.05) is 18.3 Å². The summed E-state index contributed by atoms with van der Waals surface area (Å²) in [6.45, 7) is 6.87. The van der Waals surface area contributed by atoms with Gasteiger partial charge in [0, 0.05) is 30.7 Å². The Labute approximate surface area is 142 Å². The van der Waals surface area contributed by atoms with E-state index < -0.39 is 0 Å². The lowest BCUT2D eigenvalue weighted by atomic mass is 9.63. The molecule has 0 amide bonds. The number of phenols is 1. The molecule has 126 valence electrons. The van der Waals surface area contributed by atoms with Crippen LogP contribution < -0.4 is 0 Å². The number of piperidine rings is 3. The third-order valence-electron chi connectivity index (χ3n) is 6.64. The lowest BCUT2D eigenvalue weighted by molar-refractivity contribution is -0.281. The Morgan fingerprint density at radius 3 is 3.00 bits per heavy atom. The van der Waals surface area contributed by atoms with Crippen LogP contribution in [0.25, 0.3) is 10.9 Å². The number of morpholine rings is 1. The van der Waals surface area contributed by atoms with Gasteiger partial charge in [0.25, 0.3) is 0 Å². The van der Waals surface area contributed by atoms with Gasteiger partial charge in [-0.3, -0.25) is 9.88 Å². The van der Waals surface area contributed by atoms with Crippen LogP contribution in [0.15, 0.2) is 30.5 Å². The second kappa shape index (κ2) is 4.93. The van der Waals surface area contributed by atoms with Crippen LogP contribution in [0.4, 0.5) is 0 Å². The summed E-state index contributed by atoms with van der Waals surface area (Å²) < 4.78 is 6.72. The van der Waals surface area contributed by atoms with Crippen molar-refractivity contribution in [1.82, 2.24) is 9.88 Å². The summed E-state index contributed by atoms with van der Waals surface area (Å²) in [4.78, 5) is 7.10. The number of rotatable bonds is 2. The zero-order valence-corrected chi connectivity index (χ0v) is 14.3. The van der Waals surface area contributed by atoms with Gasteiger partial charge in [0.2, 0.25) is 0 Å². The molecular formula is C20H24N2O2. The Hall–Kier alpha value is -1.65. The predicted molar refractivity (Wildman–Crippen MR) is 92.9 cm³/mol. The first kappa shape index (κ1) is 14.7. The molecule has 1 N–H and O–H groups in total. The summed E-state index contributed by atoms with van der Waals surface area (Å²) in [6.07, 6.45) is 4.40. The van der Waals surface area contributed by atoms with Gasteiger partial charge >= 0.3 is 0 Å². The normalized spacial score (nSPS) is 40.3. The maximum absolute atomic E-state index is 9.93. The summed E-state index contributed by atoms with van der Waals surface area (Å²) in [6, 6.07) is 7.94. The van der Waals surface area contributed by atoms with Crippen LogP contribution in [-0.2, 0) is 4.74 Å². The highest BCUT2D eigenvalue weighted by molar-refractivity contribution is 5.83. The van der Waals surface area contributed by atoms with Crippen molar-refractivity contribution in [2.45, 2.75) is 44.4 Å². The first-order chi connectivity index (χ1) is 11.6. The number of phenolic OH excluding ortho intramolecular Hbond substituents is 1. The quantitative estimate of drug-likeness (QED) is 0.918. The molecule has 0 radical (unpaired) electrons. The molecule has 5 unspecified atom stereocenters. The molecule has 0 aliphatic carbocycles. The van der Waals surface area contributed by atoms with Gasteiger partial charge in [-0.2, -0.15) is 0 Å². The predicted octanol–water partition coefficient (Wildman–Crippen LogP) is 3.50. The third kappa shape index (κ3) is 1.90. The molecule has 24 heavy (non-hydrogen) atoms. The molecule has 5 fully saturated rings. The number of aromatic hydroxyl groups is 1. The average Bonchev–Trinajstić information content (AvgIpc) is 2.59. The van der Waals surface area contributed by atoms with Crippen molar-refractivity contribution >= 4 is 10.9 Å². The summed E-state index contributed by atoms with van der Waals surface area (Å²) in [5, 5.41) is 10.9. The highest BCUT2D eigenvalue weighted by atomic mass is 16.5. The molecule has 4 bridgehead atoms. The first-order valence-corrected chi connectivity index (χ1v) is 9.08. The maximum atomic E-state index is 9.93. The molecule has 7 rings (SSSR count). The van der Waals surface area contributed by atoms with Crippen LogP contribution in [0.5, 0.6) is 5.75 Å². The van der Waals surface area contributed by atoms with Crippen LogP contribution in [0.2, 0.25) is 0 Å². The lowest BCUT2D eigenvalue weighted by Gasteiger charge is -2.65. The zero-order valence-electron chi connectivity index (χ0n) is 14.3. The van der Waals surface area contributed by atoms with E-state index in [4.69, 9.17) is 4.74 Å². The van der Waals surface area contributed by atoms with Gasteiger partial charge in [0.1, 0.15) is 5.75 Å². The zero-order chi connectivity index (χ0) is 16.5. The Balaban J connectivity index is 1.60. The van der Waals surface area contributed by atoms with Crippen molar-refractivity contribution in [1.29, 1.82) is 0 Å². The van der Waals surface area contributed by atoms with E-state index in [1.54, 1.807) is 6.07 Å². The number of aromatic nitrogens is 1. The van der Waals surface area contributed by atoms with Crippen molar-refractivity contribution in [3.63, 3.8) is 0 Å². The van der Waals surface area contributed by atoms with Crippen LogP contribution in [-0.4, -0.2) is 39.7 Å². The van der Waals surface area contributed by atoms with E-state index in [0.717, 1.165) is 23.4 Å². The molecule has 4 nitrogen and oxygen atoms in total. The smallest absolute Gasteiger partial charge is 0.116 e. The fraction of sp³-hybridized carbons (Fsp3) is 0.550. The van der Waals surface area contributed by atoms with Crippen molar-refractivity contribution in [3.8, 4) is 5.75 Å². The SMILES string of the molecule is CC[C@@H]1CN2CC3(C)OC(c4ccnc5ccc(O)cc45)C2CC13. The number of benzene rings is 1. The molecule has 4 heteroatoms. The van der Waals surface area contributed by atoms with Gasteiger partial charge < -0.3 is 9.84 Å². The van der Waals surface area contributed by atoms with Gasteiger partial charge in [-0.1, -0.05) is 13.3 Å². The number of ether oxygens (including phenoxy) is 1. The molecule has 1 aromatic carbocycles. The molecule has 2 aromatic rings. The van der Waals surface area contributed by atoms with Crippen LogP contribution in [0.3, 0.4) is 0 Å². The number of hydrogen-bond donors (Lipinski definition) is 1. The van der Waals surface area contributed by atoms with E-state index in [0.29, 0.717) is 12.0 Å². The van der Waals surface area contributed by atoms with Crippen molar-refractivity contribution in [2.75, 3.05) is 13.1 Å². The van der Waals surface area contributed by atoms with Crippen LogP contribution in [0.1, 0.15) is 38.4 Å². The van der Waals surface area contributed by atoms with Gasteiger partial charge in [-0.25, -0.2) is 0 Å². The highest BCUT2D eigenvalue weighted by Gasteiger charge is 2.59. The summed E-state index contributed by atoms with van der Waals surface area (Å²) in [5.41, 5.74) is 2.04. The van der Waals surface area contributed by atoms with E-state index in [1.165, 1.54) is 24.9 Å². The van der Waals surface area contributed by atoms with Crippen LogP contribution >= 0.6 is 0 Å². The van der Waals surface area contributed by atoms with Crippen molar-refractivity contribution in [3.05, 3.63) is 36.0 Å². The molecule has 6 atom stereocenters. The van der Waals surface area contributed by atoms with Gasteiger partial charge in [-0.15, -0.1) is 0 Å². The number of pyridine rings is 1. The number of fused-ring (bicyclic) bond motifs is 3.